The van der Waals surface area contributed by atoms with Gasteiger partial charge >= 0.3 is 0 Å². The Morgan fingerprint density at radius 1 is 0.920 bits per heavy atom. The molecule has 0 bridgehead atoms. The van der Waals surface area contributed by atoms with Crippen LogP contribution in [0.15, 0.2) is 53.4 Å². The van der Waals surface area contributed by atoms with Crippen LogP contribution in [0.25, 0.3) is 0 Å². The molecule has 0 amide bonds. The van der Waals surface area contributed by atoms with E-state index < -0.39 is 10.0 Å². The van der Waals surface area contributed by atoms with Crippen LogP contribution in [0.5, 0.6) is 0 Å². The number of piperazine rings is 1. The van der Waals surface area contributed by atoms with Crippen molar-refractivity contribution in [3.05, 3.63) is 59.9 Å². The number of anilines is 1. The van der Waals surface area contributed by atoms with E-state index in [0.29, 0.717) is 42.7 Å². The van der Waals surface area contributed by atoms with Crippen molar-refractivity contribution < 1.29 is 12.8 Å². The number of nitrogens with zero attached hydrogens (tertiary/aromatic N) is 2. The maximum absolute atomic E-state index is 13.9. The monoisotopic (exact) mass is 362 g/mol. The Morgan fingerprint density at radius 2 is 1.52 bits per heavy atom. The Balaban J connectivity index is 1.72. The molecule has 3 rings (SSSR count). The third-order valence-corrected chi connectivity index (χ3v) is 6.53. The Hall–Kier alpha value is -1.92. The summed E-state index contributed by atoms with van der Waals surface area (Å²) in [5.41, 5.74) is 1.64. The largest absolute Gasteiger partial charge is 0.367 e. The zero-order valence-electron chi connectivity index (χ0n) is 14.5. The number of benzene rings is 2. The Morgan fingerprint density at radius 3 is 2.08 bits per heavy atom. The van der Waals surface area contributed by atoms with Crippen molar-refractivity contribution in [3.63, 3.8) is 0 Å². The third kappa shape index (κ3) is 3.70. The van der Waals surface area contributed by atoms with Gasteiger partial charge in [0.25, 0.3) is 0 Å². The highest BCUT2D eigenvalue weighted by Crippen LogP contribution is 2.24. The fourth-order valence-electron chi connectivity index (χ4n) is 3.05. The molecule has 0 saturated carbocycles. The predicted octanol–water partition coefficient (Wildman–Crippen LogP) is 3.46. The highest BCUT2D eigenvalue weighted by atomic mass is 32.2. The van der Waals surface area contributed by atoms with Crippen LogP contribution < -0.4 is 4.90 Å². The van der Waals surface area contributed by atoms with Gasteiger partial charge < -0.3 is 4.90 Å². The van der Waals surface area contributed by atoms with Crippen molar-refractivity contribution in [1.29, 1.82) is 0 Å². The maximum atomic E-state index is 13.9. The minimum atomic E-state index is -3.51. The summed E-state index contributed by atoms with van der Waals surface area (Å²) in [5.74, 6) is 0.0872. The molecular weight excluding hydrogens is 339 g/mol. The lowest BCUT2D eigenvalue weighted by atomic mass is 10.0. The van der Waals surface area contributed by atoms with Crippen LogP contribution in [-0.2, 0) is 10.0 Å². The molecule has 0 unspecified atom stereocenters. The summed E-state index contributed by atoms with van der Waals surface area (Å²) in [6.45, 7) is 5.80. The molecule has 134 valence electrons. The first kappa shape index (κ1) is 17.9. The summed E-state index contributed by atoms with van der Waals surface area (Å²) in [4.78, 5) is 2.21. The Kier molecular flexibility index (Phi) is 5.11. The van der Waals surface area contributed by atoms with Crippen molar-refractivity contribution >= 4 is 15.7 Å². The number of halogens is 1. The lowest BCUT2D eigenvalue weighted by Gasteiger charge is -2.35. The van der Waals surface area contributed by atoms with Crippen LogP contribution in [0, 0.1) is 5.82 Å². The second kappa shape index (κ2) is 7.14. The summed E-state index contributed by atoms with van der Waals surface area (Å²) in [6.07, 6.45) is 0. The van der Waals surface area contributed by atoms with E-state index in [1.807, 2.05) is 17.0 Å². The minimum absolute atomic E-state index is 0.275. The van der Waals surface area contributed by atoms with Gasteiger partial charge in [-0.25, -0.2) is 12.8 Å². The van der Waals surface area contributed by atoms with Crippen molar-refractivity contribution in [2.45, 2.75) is 24.7 Å². The van der Waals surface area contributed by atoms with Crippen LogP contribution in [0.1, 0.15) is 25.3 Å². The van der Waals surface area contributed by atoms with Gasteiger partial charge in [0.05, 0.1) is 10.6 Å². The molecule has 0 aliphatic carbocycles. The van der Waals surface area contributed by atoms with Crippen LogP contribution in [0.2, 0.25) is 0 Å². The molecule has 4 nitrogen and oxygen atoms in total. The molecule has 25 heavy (non-hydrogen) atoms. The zero-order valence-corrected chi connectivity index (χ0v) is 15.3. The molecule has 1 aliphatic heterocycles. The topological polar surface area (TPSA) is 40.6 Å². The van der Waals surface area contributed by atoms with E-state index in [2.05, 4.69) is 13.8 Å². The van der Waals surface area contributed by atoms with Crippen molar-refractivity contribution in [2.75, 3.05) is 31.1 Å². The van der Waals surface area contributed by atoms with E-state index in [1.54, 1.807) is 30.3 Å². The minimum Gasteiger partial charge on any atom is -0.367 e. The van der Waals surface area contributed by atoms with E-state index in [1.165, 1.54) is 10.4 Å². The molecule has 2 aromatic carbocycles. The molecule has 0 radical (unpaired) electrons. The molecule has 1 fully saturated rings. The van der Waals surface area contributed by atoms with Crippen molar-refractivity contribution in [3.8, 4) is 0 Å². The third-order valence-electron chi connectivity index (χ3n) is 4.62. The van der Waals surface area contributed by atoms with Crippen LogP contribution >= 0.6 is 0 Å². The molecule has 0 spiro atoms. The van der Waals surface area contributed by atoms with Gasteiger partial charge in [-0.1, -0.05) is 38.1 Å². The fourth-order valence-corrected chi connectivity index (χ4v) is 4.47. The quantitative estimate of drug-likeness (QED) is 0.836. The summed E-state index contributed by atoms with van der Waals surface area (Å²) in [7, 11) is -3.51. The first-order valence-electron chi connectivity index (χ1n) is 8.49. The van der Waals surface area contributed by atoms with Gasteiger partial charge in [0, 0.05) is 26.2 Å². The lowest BCUT2D eigenvalue weighted by molar-refractivity contribution is 0.383. The average molecular weight is 362 g/mol. The summed E-state index contributed by atoms with van der Waals surface area (Å²) in [6, 6.07) is 13.7. The highest BCUT2D eigenvalue weighted by molar-refractivity contribution is 7.89. The average Bonchev–Trinajstić information content (AvgIpc) is 2.62. The van der Waals surface area contributed by atoms with E-state index in [9.17, 15) is 12.8 Å². The number of para-hydroxylation sites is 1. The molecule has 2 aromatic rings. The van der Waals surface area contributed by atoms with Gasteiger partial charge in [-0.3, -0.25) is 0 Å². The summed E-state index contributed by atoms with van der Waals surface area (Å²) >= 11 is 0. The van der Waals surface area contributed by atoms with Gasteiger partial charge in [-0.2, -0.15) is 4.31 Å². The van der Waals surface area contributed by atoms with Crippen molar-refractivity contribution in [2.24, 2.45) is 0 Å². The summed E-state index contributed by atoms with van der Waals surface area (Å²) < 4.78 is 41.0. The van der Waals surface area contributed by atoms with E-state index >= 15 is 0 Å². The summed E-state index contributed by atoms with van der Waals surface area (Å²) in [5, 5.41) is 0. The molecule has 0 N–H and O–H groups in total. The van der Waals surface area contributed by atoms with Gasteiger partial charge in [0.15, 0.2) is 0 Å². The molecular formula is C19H23FN2O2S. The number of hydrogen-bond donors (Lipinski definition) is 0. The second-order valence-corrected chi connectivity index (χ2v) is 8.50. The van der Waals surface area contributed by atoms with E-state index in [4.69, 9.17) is 0 Å². The lowest BCUT2D eigenvalue weighted by Crippen LogP contribution is -2.48. The zero-order chi connectivity index (χ0) is 18.0. The smallest absolute Gasteiger partial charge is 0.243 e. The van der Waals surface area contributed by atoms with Gasteiger partial charge in [0.1, 0.15) is 5.82 Å². The Bertz CT molecular complexity index is 827. The molecule has 1 heterocycles. The standard InChI is InChI=1S/C19H23FN2O2S/c1-15(2)16-7-9-17(10-8-16)25(23,24)22-13-11-21(12-14-22)19-6-4-3-5-18(19)20/h3-10,15H,11-14H2,1-2H3. The van der Waals surface area contributed by atoms with E-state index in [-0.39, 0.29) is 5.82 Å². The SMILES string of the molecule is CC(C)c1ccc(S(=O)(=O)N2CCN(c3ccccc3F)CC2)cc1. The second-order valence-electron chi connectivity index (χ2n) is 6.57. The number of hydrogen-bond acceptors (Lipinski definition) is 3. The first-order valence-corrected chi connectivity index (χ1v) is 9.93. The number of sulfonamides is 1. The van der Waals surface area contributed by atoms with Gasteiger partial charge in [-0.15, -0.1) is 0 Å². The van der Waals surface area contributed by atoms with Crippen LogP contribution in [0.3, 0.4) is 0 Å². The molecule has 1 saturated heterocycles. The van der Waals surface area contributed by atoms with Crippen LogP contribution in [0.4, 0.5) is 10.1 Å². The fraction of sp³-hybridized carbons (Fsp3) is 0.368. The molecule has 6 heteroatoms. The predicted molar refractivity (Wildman–Crippen MR) is 97.9 cm³/mol. The van der Waals surface area contributed by atoms with Gasteiger partial charge in [0.2, 0.25) is 10.0 Å². The molecule has 0 atom stereocenters. The first-order chi connectivity index (χ1) is 11.9. The highest BCUT2D eigenvalue weighted by Gasteiger charge is 2.29. The number of rotatable bonds is 4. The molecule has 0 aromatic heterocycles. The normalized spacial score (nSPS) is 16.4. The van der Waals surface area contributed by atoms with Gasteiger partial charge in [-0.05, 0) is 35.7 Å². The maximum Gasteiger partial charge on any atom is 0.243 e. The van der Waals surface area contributed by atoms with Crippen LogP contribution in [-0.4, -0.2) is 38.9 Å². The molecule has 1 aliphatic rings. The Labute approximate surface area is 148 Å². The van der Waals surface area contributed by atoms with Crippen molar-refractivity contribution in [1.82, 2.24) is 4.31 Å². The van der Waals surface area contributed by atoms with E-state index in [0.717, 1.165) is 5.56 Å².